The summed E-state index contributed by atoms with van der Waals surface area (Å²) in [5.41, 5.74) is 0. The summed E-state index contributed by atoms with van der Waals surface area (Å²) in [5.74, 6) is -4.46. The Morgan fingerprint density at radius 2 is 1.23 bits per heavy atom. The van der Waals surface area contributed by atoms with Crippen molar-refractivity contribution in [2.24, 2.45) is 0 Å². The zero-order valence-corrected chi connectivity index (χ0v) is 12.8. The van der Waals surface area contributed by atoms with Crippen molar-refractivity contribution in [2.45, 2.75) is 37.3 Å². The largest absolute Gasteiger partial charge is 2.00 e. The summed E-state index contributed by atoms with van der Waals surface area (Å²) in [6, 6.07) is 0. The molecule has 0 saturated heterocycles. The summed E-state index contributed by atoms with van der Waals surface area (Å²) >= 11 is 0. The van der Waals surface area contributed by atoms with Crippen LogP contribution in [0.4, 0.5) is 0 Å². The molecule has 0 spiro atoms. The summed E-state index contributed by atoms with van der Waals surface area (Å²) in [6.07, 6.45) is -8.78. The van der Waals surface area contributed by atoms with Gasteiger partial charge in [-0.15, -0.1) is 0 Å². The summed E-state index contributed by atoms with van der Waals surface area (Å²) in [5, 5.41) is 70.8. The van der Waals surface area contributed by atoms with E-state index >= 15 is 0 Å². The number of carboxylic acid groups (broad SMARTS) is 3. The number of hydrogen-bond donors (Lipinski definition) is 6. The van der Waals surface area contributed by atoms with Gasteiger partial charge >= 0.3 is 29.0 Å². The van der Waals surface area contributed by atoms with Gasteiger partial charge in [0.15, 0.2) is 6.10 Å². The van der Waals surface area contributed by atoms with Crippen LogP contribution >= 0.6 is 0 Å². The number of rotatable bonds is 8. The first-order chi connectivity index (χ1) is 9.54. The van der Waals surface area contributed by atoms with Gasteiger partial charge in [-0.2, -0.15) is 0 Å². The van der Waals surface area contributed by atoms with Gasteiger partial charge in [0.1, 0.15) is 18.3 Å². The van der Waals surface area contributed by atoms with E-state index in [9.17, 15) is 24.6 Å². The van der Waals surface area contributed by atoms with E-state index in [1.165, 1.54) is 0 Å². The molecule has 11 nitrogen and oxygen atoms in total. The average molecular weight is 337 g/mol. The van der Waals surface area contributed by atoms with Crippen molar-refractivity contribution in [1.82, 2.24) is 0 Å². The van der Waals surface area contributed by atoms with Gasteiger partial charge < -0.3 is 50.4 Å². The van der Waals surface area contributed by atoms with Crippen LogP contribution in [-0.4, -0.2) is 103 Å². The molecule has 0 aliphatic carbocycles. The number of carboxylic acids is 3. The number of aliphatic carboxylic acids is 3. The fourth-order valence-electron chi connectivity index (χ4n) is 0.873. The number of aliphatic hydroxyl groups is 5. The van der Waals surface area contributed by atoms with Crippen LogP contribution in [0.1, 0.15) is 12.8 Å². The van der Waals surface area contributed by atoms with Crippen molar-refractivity contribution >= 4 is 41.0 Å². The molecule has 6 N–H and O–H groups in total. The SMILES string of the molecule is O=C(O)[C@H](O)[C@@H](O)[C@H](O)[C@H](O)CO.O=C([O-])CCC(=O)[O-].[Mg+2]. The molecule has 0 aromatic heterocycles. The first-order valence-corrected chi connectivity index (χ1v) is 5.50. The second-order valence-corrected chi connectivity index (χ2v) is 3.76. The maximum atomic E-state index is 10.1. The van der Waals surface area contributed by atoms with Crippen molar-refractivity contribution in [3.05, 3.63) is 0 Å². The van der Waals surface area contributed by atoms with Crippen LogP contribution in [0, 0.1) is 0 Å². The Morgan fingerprint density at radius 3 is 1.45 bits per heavy atom. The summed E-state index contributed by atoms with van der Waals surface area (Å²) in [7, 11) is 0. The normalized spacial score (nSPS) is 15.1. The summed E-state index contributed by atoms with van der Waals surface area (Å²) < 4.78 is 0. The molecule has 0 unspecified atom stereocenters. The molecular weight excluding hydrogens is 320 g/mol. The van der Waals surface area contributed by atoms with E-state index in [2.05, 4.69) is 0 Å². The molecule has 0 aromatic rings. The van der Waals surface area contributed by atoms with E-state index in [1.54, 1.807) is 0 Å². The van der Waals surface area contributed by atoms with Gasteiger partial charge in [-0.3, -0.25) is 0 Å². The molecule has 12 heteroatoms. The zero-order valence-electron chi connectivity index (χ0n) is 11.4. The molecule has 4 atom stereocenters. The van der Waals surface area contributed by atoms with Gasteiger partial charge in [0.05, 0.1) is 6.61 Å². The topological polar surface area (TPSA) is 219 Å². The molecule has 0 bridgehead atoms. The minimum absolute atomic E-state index is 0. The van der Waals surface area contributed by atoms with Gasteiger partial charge in [-0.05, 0) is 12.8 Å². The first-order valence-electron chi connectivity index (χ1n) is 5.50. The predicted molar refractivity (Wildman–Crippen MR) is 63.8 cm³/mol. The quantitative estimate of drug-likeness (QED) is 0.229. The van der Waals surface area contributed by atoms with Gasteiger partial charge in [0, 0.05) is 11.9 Å². The third-order valence-corrected chi connectivity index (χ3v) is 2.04. The second kappa shape index (κ2) is 13.6. The fourth-order valence-corrected chi connectivity index (χ4v) is 0.873. The number of aliphatic hydroxyl groups excluding tert-OH is 5. The molecule has 0 heterocycles. The second-order valence-electron chi connectivity index (χ2n) is 3.76. The van der Waals surface area contributed by atoms with E-state index in [0.717, 1.165) is 0 Å². The first kappa shape index (κ1) is 25.9. The van der Waals surface area contributed by atoms with E-state index < -0.39 is 61.8 Å². The van der Waals surface area contributed by atoms with Gasteiger partial charge in [-0.25, -0.2) is 4.79 Å². The molecular formula is C10H16MgO11. The molecule has 0 radical (unpaired) electrons. The average Bonchev–Trinajstić information content (AvgIpc) is 2.42. The van der Waals surface area contributed by atoms with Crippen LogP contribution in [0.25, 0.3) is 0 Å². The van der Waals surface area contributed by atoms with E-state index in [-0.39, 0.29) is 23.1 Å². The number of carbonyl (C=O) groups excluding carboxylic acids is 2. The summed E-state index contributed by atoms with van der Waals surface area (Å²) in [6.45, 7) is -0.843. The fraction of sp³-hybridized carbons (Fsp3) is 0.700. The minimum atomic E-state index is -2.20. The third-order valence-electron chi connectivity index (χ3n) is 2.04. The number of hydrogen-bond acceptors (Lipinski definition) is 10. The molecule has 0 aliphatic heterocycles. The van der Waals surface area contributed by atoms with Crippen molar-refractivity contribution in [3.63, 3.8) is 0 Å². The minimum Gasteiger partial charge on any atom is -0.550 e. The monoisotopic (exact) mass is 336 g/mol. The molecule has 22 heavy (non-hydrogen) atoms. The van der Waals surface area contributed by atoms with E-state index in [4.69, 9.17) is 30.6 Å². The Labute approximate surface area is 140 Å². The zero-order chi connectivity index (χ0) is 17.2. The van der Waals surface area contributed by atoms with Crippen LogP contribution in [0.15, 0.2) is 0 Å². The molecule has 0 saturated carbocycles. The van der Waals surface area contributed by atoms with Gasteiger partial charge in [0.2, 0.25) is 0 Å². The Bertz CT molecular complexity index is 334. The van der Waals surface area contributed by atoms with E-state index in [0.29, 0.717) is 0 Å². The van der Waals surface area contributed by atoms with Crippen LogP contribution in [0.5, 0.6) is 0 Å². The van der Waals surface area contributed by atoms with Gasteiger partial charge in [0.25, 0.3) is 0 Å². The van der Waals surface area contributed by atoms with Crippen molar-refractivity contribution in [1.29, 1.82) is 0 Å². The maximum absolute atomic E-state index is 10.1. The Hall–Kier alpha value is -1.02. The Balaban J connectivity index is -0.000000348. The molecule has 0 amide bonds. The Kier molecular flexibility index (Phi) is 16.0. The molecule has 124 valence electrons. The number of carbonyl (C=O) groups is 3. The molecule has 0 fully saturated rings. The molecule has 0 aliphatic rings. The molecule has 0 aromatic carbocycles. The predicted octanol–water partition coefficient (Wildman–Crippen LogP) is -6.61. The maximum Gasteiger partial charge on any atom is 2.00 e. The van der Waals surface area contributed by atoms with Crippen LogP contribution in [0.2, 0.25) is 0 Å². The van der Waals surface area contributed by atoms with Crippen LogP contribution < -0.4 is 10.2 Å². The van der Waals surface area contributed by atoms with Crippen molar-refractivity contribution in [3.8, 4) is 0 Å². The van der Waals surface area contributed by atoms with Crippen LogP contribution in [0.3, 0.4) is 0 Å². The summed E-state index contributed by atoms with van der Waals surface area (Å²) in [4.78, 5) is 29.1. The Morgan fingerprint density at radius 1 is 0.864 bits per heavy atom. The van der Waals surface area contributed by atoms with Crippen molar-refractivity contribution < 1.29 is 55.2 Å². The molecule has 0 rings (SSSR count). The van der Waals surface area contributed by atoms with E-state index in [1.807, 2.05) is 0 Å². The van der Waals surface area contributed by atoms with Crippen molar-refractivity contribution in [2.75, 3.05) is 6.61 Å². The van der Waals surface area contributed by atoms with Crippen LogP contribution in [-0.2, 0) is 14.4 Å². The third kappa shape index (κ3) is 12.7. The van der Waals surface area contributed by atoms with Gasteiger partial charge in [-0.1, -0.05) is 0 Å². The smallest absolute Gasteiger partial charge is 0.550 e. The standard InChI is InChI=1S/C6H12O7.C4H6O4.Mg/c7-1-2(8)3(9)4(10)5(11)6(12)13;5-3(6)1-2-4(7)8;/h2-5,7-11H,1H2,(H,12,13);1-2H2,(H,5,6)(H,7,8);/q;;+2/p-2/t2-,3-,4+,5-;;/m1../s1.